The Bertz CT molecular complexity index is 1490. The Morgan fingerprint density at radius 1 is 0.951 bits per heavy atom. The second-order valence-corrected chi connectivity index (χ2v) is 10.7. The number of rotatable bonds is 10. The summed E-state index contributed by atoms with van der Waals surface area (Å²) >= 11 is 1.22. The van der Waals surface area contributed by atoms with E-state index in [0.29, 0.717) is 11.4 Å². The zero-order valence-electron chi connectivity index (χ0n) is 20.8. The van der Waals surface area contributed by atoms with Crippen molar-refractivity contribution >= 4 is 45.2 Å². The molecule has 0 aliphatic rings. The van der Waals surface area contributed by atoms with E-state index in [0.717, 1.165) is 16.0 Å². The molecule has 1 aromatic heterocycles. The first kappa shape index (κ1) is 32.7. The molecule has 0 unspecified atom stereocenters. The van der Waals surface area contributed by atoms with Crippen LogP contribution in [0.2, 0.25) is 0 Å². The van der Waals surface area contributed by atoms with Gasteiger partial charge in [0.15, 0.2) is 5.96 Å². The highest BCUT2D eigenvalue weighted by atomic mass is 32.2. The molecule has 1 heterocycles. The molecule has 17 heteroatoms. The Labute approximate surface area is 235 Å². The molecule has 220 valence electrons. The smallest absolute Gasteiger partial charge is 0.480 e. The Hall–Kier alpha value is -4.48. The average molecular weight is 616 g/mol. The summed E-state index contributed by atoms with van der Waals surface area (Å²) in [6, 6.07) is 16.7. The predicted molar refractivity (Wildman–Crippen MR) is 143 cm³/mol. The van der Waals surface area contributed by atoms with Crippen LogP contribution in [0.5, 0.6) is 0 Å². The van der Waals surface area contributed by atoms with Gasteiger partial charge in [0, 0.05) is 11.4 Å². The second-order valence-electron chi connectivity index (χ2n) is 7.94. The number of hydrogen-bond donors (Lipinski definition) is 6. The SMILES string of the molecule is NC(N)=NCc1ccc(-c2ccc(C(=O)NC[C@H](NS(=O)(=O)c3ccccc3)C(=O)O)s2)cc1.O=C(O)C(F)(F)F. The van der Waals surface area contributed by atoms with E-state index in [9.17, 15) is 36.3 Å². The molecule has 0 spiro atoms. The number of nitrogens with zero attached hydrogens (tertiary/aromatic N) is 1. The number of benzene rings is 2. The van der Waals surface area contributed by atoms with Crippen LogP contribution < -0.4 is 21.5 Å². The third kappa shape index (κ3) is 10.5. The van der Waals surface area contributed by atoms with Gasteiger partial charge in [-0.3, -0.25) is 9.59 Å². The zero-order valence-corrected chi connectivity index (χ0v) is 22.5. The van der Waals surface area contributed by atoms with E-state index in [1.807, 2.05) is 24.3 Å². The van der Waals surface area contributed by atoms with Crippen molar-refractivity contribution in [3.8, 4) is 10.4 Å². The summed E-state index contributed by atoms with van der Waals surface area (Å²) in [4.78, 5) is 38.1. The van der Waals surface area contributed by atoms with Crippen LogP contribution in [0, 0.1) is 0 Å². The Kier molecular flexibility index (Phi) is 11.4. The zero-order chi connectivity index (χ0) is 30.8. The molecular weight excluding hydrogens is 591 g/mol. The number of nitrogens with two attached hydrogens (primary N) is 2. The number of carboxylic acid groups (broad SMARTS) is 2. The summed E-state index contributed by atoms with van der Waals surface area (Å²) in [6.45, 7) is -0.0631. The normalized spacial score (nSPS) is 11.9. The molecule has 2 aromatic carbocycles. The van der Waals surface area contributed by atoms with Gasteiger partial charge in [0.2, 0.25) is 10.0 Å². The number of hydrogen-bond acceptors (Lipinski definition) is 7. The first-order chi connectivity index (χ1) is 19.1. The number of aliphatic carboxylic acids is 2. The Morgan fingerprint density at radius 3 is 2.05 bits per heavy atom. The first-order valence-corrected chi connectivity index (χ1v) is 13.5. The van der Waals surface area contributed by atoms with Crippen molar-refractivity contribution in [3.63, 3.8) is 0 Å². The maximum Gasteiger partial charge on any atom is 0.490 e. The molecule has 8 N–H and O–H groups in total. The van der Waals surface area contributed by atoms with Crippen LogP contribution in [0.3, 0.4) is 0 Å². The summed E-state index contributed by atoms with van der Waals surface area (Å²) in [5.74, 6) is -4.67. The van der Waals surface area contributed by atoms with Gasteiger partial charge < -0.3 is 27.0 Å². The molecule has 0 saturated carbocycles. The fourth-order valence-corrected chi connectivity index (χ4v) is 5.03. The van der Waals surface area contributed by atoms with E-state index >= 15 is 0 Å². The van der Waals surface area contributed by atoms with Gasteiger partial charge in [-0.05, 0) is 35.4 Å². The molecule has 12 nitrogen and oxygen atoms in total. The van der Waals surface area contributed by atoms with Gasteiger partial charge in [-0.2, -0.15) is 17.9 Å². The number of amides is 1. The number of nitrogens with one attached hydrogen (secondary N) is 2. The number of halogens is 3. The number of guanidine groups is 1. The standard InChI is InChI=1S/C22H23N5O5S2.C2HF3O2/c23-22(24)26-12-14-6-8-15(9-7-14)18-10-11-19(33-18)20(28)25-13-17(21(29)30)27-34(31,32)16-4-2-1-3-5-16;3-2(4,5)1(6)7/h1-11,17,27H,12-13H2,(H,25,28)(H,29,30)(H4,23,24,26);(H,6,7)/t17-;/m0./s1. The first-order valence-electron chi connectivity index (χ1n) is 11.2. The maximum absolute atomic E-state index is 12.5. The van der Waals surface area contributed by atoms with E-state index in [-0.39, 0.29) is 10.9 Å². The highest BCUT2D eigenvalue weighted by Gasteiger charge is 2.38. The van der Waals surface area contributed by atoms with E-state index in [4.69, 9.17) is 21.4 Å². The molecule has 1 atom stereocenters. The van der Waals surface area contributed by atoms with Crippen LogP contribution >= 0.6 is 11.3 Å². The van der Waals surface area contributed by atoms with Gasteiger partial charge in [-0.25, -0.2) is 18.2 Å². The van der Waals surface area contributed by atoms with Gasteiger partial charge in [0.1, 0.15) is 6.04 Å². The monoisotopic (exact) mass is 615 g/mol. The predicted octanol–water partition coefficient (Wildman–Crippen LogP) is 1.98. The molecular formula is C24H24F3N5O7S2. The average Bonchev–Trinajstić information content (AvgIpc) is 3.41. The molecule has 3 aromatic rings. The van der Waals surface area contributed by atoms with E-state index in [1.54, 1.807) is 18.2 Å². The summed E-state index contributed by atoms with van der Waals surface area (Å²) in [7, 11) is -4.06. The number of sulfonamides is 1. The highest BCUT2D eigenvalue weighted by molar-refractivity contribution is 7.89. The van der Waals surface area contributed by atoms with E-state index in [1.165, 1.54) is 35.6 Å². The number of carbonyl (C=O) groups excluding carboxylic acids is 1. The molecule has 1 amide bonds. The third-order valence-electron chi connectivity index (χ3n) is 4.87. The van der Waals surface area contributed by atoms with Crippen LogP contribution in [0.25, 0.3) is 10.4 Å². The molecule has 0 saturated heterocycles. The fraction of sp³-hybridized carbons (Fsp3) is 0.167. The van der Waals surface area contributed by atoms with Crippen molar-refractivity contribution in [2.24, 2.45) is 16.5 Å². The minimum atomic E-state index is -5.08. The lowest BCUT2D eigenvalue weighted by Gasteiger charge is -2.15. The minimum absolute atomic E-state index is 0.0102. The van der Waals surface area contributed by atoms with Crippen molar-refractivity contribution in [1.29, 1.82) is 0 Å². The molecule has 3 rings (SSSR count). The number of carboxylic acids is 2. The van der Waals surface area contributed by atoms with Crippen molar-refractivity contribution < 1.29 is 46.2 Å². The van der Waals surface area contributed by atoms with Gasteiger partial charge in [0.25, 0.3) is 5.91 Å². The lowest BCUT2D eigenvalue weighted by atomic mass is 10.1. The lowest BCUT2D eigenvalue weighted by Crippen LogP contribution is -2.48. The number of alkyl halides is 3. The topological polar surface area (TPSA) is 214 Å². The summed E-state index contributed by atoms with van der Waals surface area (Å²) < 4.78 is 58.7. The largest absolute Gasteiger partial charge is 0.490 e. The molecule has 41 heavy (non-hydrogen) atoms. The van der Waals surface area contributed by atoms with Crippen molar-refractivity contribution in [3.05, 3.63) is 77.2 Å². The molecule has 0 aliphatic heterocycles. The Morgan fingerprint density at radius 2 is 1.54 bits per heavy atom. The molecule has 0 fully saturated rings. The minimum Gasteiger partial charge on any atom is -0.480 e. The summed E-state index contributed by atoms with van der Waals surface area (Å²) in [5, 5.41) is 19.0. The van der Waals surface area contributed by atoms with Gasteiger partial charge in [-0.1, -0.05) is 42.5 Å². The van der Waals surface area contributed by atoms with Crippen LogP contribution in [0.4, 0.5) is 13.2 Å². The van der Waals surface area contributed by atoms with Crippen molar-refractivity contribution in [1.82, 2.24) is 10.0 Å². The number of thiophene rings is 1. The lowest BCUT2D eigenvalue weighted by molar-refractivity contribution is -0.192. The third-order valence-corrected chi connectivity index (χ3v) is 7.49. The second kappa shape index (κ2) is 14.2. The van der Waals surface area contributed by atoms with E-state index in [2.05, 4.69) is 15.0 Å². The Balaban J connectivity index is 0.000000745. The van der Waals surface area contributed by atoms with Gasteiger partial charge in [-0.15, -0.1) is 11.3 Å². The molecule has 0 radical (unpaired) electrons. The van der Waals surface area contributed by atoms with Crippen molar-refractivity contribution in [2.75, 3.05) is 6.54 Å². The summed E-state index contributed by atoms with van der Waals surface area (Å²) in [5.41, 5.74) is 12.5. The van der Waals surface area contributed by atoms with E-state index < -0.39 is 46.6 Å². The van der Waals surface area contributed by atoms with Crippen LogP contribution in [0.15, 0.2) is 76.6 Å². The maximum atomic E-state index is 12.5. The van der Waals surface area contributed by atoms with Crippen LogP contribution in [-0.2, 0) is 26.2 Å². The highest BCUT2D eigenvalue weighted by Crippen LogP contribution is 2.28. The van der Waals surface area contributed by atoms with Crippen molar-refractivity contribution in [2.45, 2.75) is 23.7 Å². The fourth-order valence-electron chi connectivity index (χ4n) is 2.89. The quantitative estimate of drug-likeness (QED) is 0.145. The van der Waals surface area contributed by atoms with Gasteiger partial charge in [0.05, 0.1) is 16.3 Å². The molecule has 0 aliphatic carbocycles. The number of carbonyl (C=O) groups is 3. The van der Waals surface area contributed by atoms with Crippen LogP contribution in [0.1, 0.15) is 15.2 Å². The van der Waals surface area contributed by atoms with Gasteiger partial charge >= 0.3 is 18.1 Å². The van der Waals surface area contributed by atoms with Crippen LogP contribution in [-0.4, -0.2) is 61.2 Å². The summed E-state index contributed by atoms with van der Waals surface area (Å²) in [6.07, 6.45) is -5.08. The number of aliphatic imine (C=N–C) groups is 1. The molecule has 0 bridgehead atoms.